The summed E-state index contributed by atoms with van der Waals surface area (Å²) in [5.41, 5.74) is 3.88. The Morgan fingerprint density at radius 1 is 1.19 bits per heavy atom. The molecule has 0 amide bonds. The molecule has 0 fully saturated rings. The van der Waals surface area contributed by atoms with Crippen LogP contribution in [0.25, 0.3) is 16.8 Å². The van der Waals surface area contributed by atoms with Crippen LogP contribution in [0.1, 0.15) is 46.7 Å². The van der Waals surface area contributed by atoms with E-state index in [2.05, 4.69) is 40.7 Å². The van der Waals surface area contributed by atoms with Crippen LogP contribution in [0.3, 0.4) is 0 Å². The topological polar surface area (TPSA) is 22.1 Å². The zero-order chi connectivity index (χ0) is 18.9. The highest BCUT2D eigenvalue weighted by Crippen LogP contribution is 2.46. The number of rotatable bonds is 5. The highest BCUT2D eigenvalue weighted by Gasteiger charge is 2.32. The number of allylic oxidation sites excluding steroid dienone is 2. The average molecular weight is 353 g/mol. The van der Waals surface area contributed by atoms with Gasteiger partial charge in [0, 0.05) is 11.6 Å². The summed E-state index contributed by atoms with van der Waals surface area (Å²) in [5, 5.41) is 0. The third-order valence-corrected chi connectivity index (χ3v) is 4.79. The van der Waals surface area contributed by atoms with Crippen LogP contribution in [0, 0.1) is 23.1 Å². The van der Waals surface area contributed by atoms with Crippen molar-refractivity contribution < 1.29 is 9.13 Å². The Hall–Kier alpha value is -2.16. The summed E-state index contributed by atoms with van der Waals surface area (Å²) >= 11 is 0. The van der Waals surface area contributed by atoms with E-state index in [1.54, 1.807) is 0 Å². The minimum atomic E-state index is -0.303. The fraction of sp³-hybridized carbons (Fsp3) is 0.435. The number of pyridine rings is 1. The molecule has 0 aliphatic heterocycles. The molecule has 1 aromatic carbocycles. The fourth-order valence-electron chi connectivity index (χ4n) is 3.72. The van der Waals surface area contributed by atoms with Crippen LogP contribution in [0.15, 0.2) is 42.5 Å². The fourth-order valence-corrected chi connectivity index (χ4v) is 3.72. The number of benzene rings is 1. The van der Waals surface area contributed by atoms with Gasteiger partial charge in [-0.2, -0.15) is 0 Å². The van der Waals surface area contributed by atoms with E-state index in [1.165, 1.54) is 17.7 Å². The van der Waals surface area contributed by atoms with Gasteiger partial charge in [0.05, 0.1) is 18.0 Å². The molecule has 2 nitrogen and oxygen atoms in total. The van der Waals surface area contributed by atoms with Crippen LogP contribution in [0.4, 0.5) is 4.39 Å². The molecule has 0 saturated carbocycles. The Morgan fingerprint density at radius 2 is 1.92 bits per heavy atom. The number of ether oxygens (including phenoxy) is 1. The van der Waals surface area contributed by atoms with E-state index in [0.29, 0.717) is 24.2 Å². The average Bonchev–Trinajstić information content (AvgIpc) is 2.85. The van der Waals surface area contributed by atoms with Crippen LogP contribution >= 0.6 is 0 Å². The second-order valence-electron chi connectivity index (χ2n) is 8.43. The van der Waals surface area contributed by atoms with Crippen molar-refractivity contribution in [1.29, 1.82) is 0 Å². The van der Waals surface area contributed by atoms with Crippen molar-refractivity contribution in [3.63, 3.8) is 0 Å². The quantitative estimate of drug-likeness (QED) is 0.623. The summed E-state index contributed by atoms with van der Waals surface area (Å²) in [6.07, 6.45) is 3.44. The van der Waals surface area contributed by atoms with Crippen LogP contribution in [-0.2, 0) is 0 Å². The van der Waals surface area contributed by atoms with Crippen molar-refractivity contribution in [3.8, 4) is 17.0 Å². The zero-order valence-corrected chi connectivity index (χ0v) is 16.3. The minimum Gasteiger partial charge on any atom is -0.493 e. The lowest BCUT2D eigenvalue weighted by Crippen LogP contribution is -2.11. The Labute approximate surface area is 156 Å². The lowest BCUT2D eigenvalue weighted by molar-refractivity contribution is 0.270. The van der Waals surface area contributed by atoms with Crippen molar-refractivity contribution in [2.24, 2.45) is 17.3 Å². The third-order valence-electron chi connectivity index (χ3n) is 4.79. The summed E-state index contributed by atoms with van der Waals surface area (Å²) in [5.74, 6) is 1.19. The van der Waals surface area contributed by atoms with Gasteiger partial charge in [0.25, 0.3) is 0 Å². The van der Waals surface area contributed by atoms with Crippen molar-refractivity contribution >= 4 is 5.57 Å². The lowest BCUT2D eigenvalue weighted by atomic mass is 9.83. The van der Waals surface area contributed by atoms with Gasteiger partial charge in [-0.25, -0.2) is 9.37 Å². The SMILES string of the molecule is CC(C)COc1cc(F)cc(-c2cccc(C3=CC(C)CC3(C)C)n2)c1. The predicted octanol–water partition coefficient (Wildman–Crippen LogP) is 6.37. The second-order valence-corrected chi connectivity index (χ2v) is 8.43. The molecule has 26 heavy (non-hydrogen) atoms. The van der Waals surface area contributed by atoms with Crippen LogP contribution in [0.5, 0.6) is 5.75 Å². The molecule has 0 radical (unpaired) electrons. The molecule has 1 unspecified atom stereocenters. The van der Waals surface area contributed by atoms with Crippen LogP contribution in [-0.4, -0.2) is 11.6 Å². The monoisotopic (exact) mass is 353 g/mol. The van der Waals surface area contributed by atoms with Crippen LogP contribution in [0.2, 0.25) is 0 Å². The molecule has 1 heterocycles. The normalized spacial score (nSPS) is 18.9. The summed E-state index contributed by atoms with van der Waals surface area (Å²) in [7, 11) is 0. The van der Waals surface area contributed by atoms with Gasteiger partial charge >= 0.3 is 0 Å². The van der Waals surface area contributed by atoms with Gasteiger partial charge in [0.1, 0.15) is 11.6 Å². The molecule has 138 valence electrons. The molecule has 1 aromatic heterocycles. The molecule has 0 bridgehead atoms. The van der Waals surface area contributed by atoms with Gasteiger partial charge in [0.15, 0.2) is 0 Å². The summed E-state index contributed by atoms with van der Waals surface area (Å²) in [4.78, 5) is 4.84. The van der Waals surface area contributed by atoms with Gasteiger partial charge in [-0.3, -0.25) is 0 Å². The third kappa shape index (κ3) is 4.14. The van der Waals surface area contributed by atoms with Crippen molar-refractivity contribution in [1.82, 2.24) is 4.98 Å². The number of halogens is 1. The second kappa shape index (κ2) is 7.22. The highest BCUT2D eigenvalue weighted by molar-refractivity contribution is 5.72. The molecule has 3 rings (SSSR count). The maximum Gasteiger partial charge on any atom is 0.127 e. The standard InChI is InChI=1S/C23H28FNO/c1-15(2)14-26-19-11-17(10-18(24)12-19)21-7-6-8-22(25-21)20-9-16(3)13-23(20,4)5/h6-12,15-16H,13-14H2,1-5H3. The summed E-state index contributed by atoms with van der Waals surface area (Å²) < 4.78 is 19.8. The van der Waals surface area contributed by atoms with E-state index >= 15 is 0 Å². The van der Waals surface area contributed by atoms with E-state index in [9.17, 15) is 4.39 Å². The molecule has 3 heteroatoms. The van der Waals surface area contributed by atoms with Gasteiger partial charge < -0.3 is 4.74 Å². The first kappa shape index (κ1) is 18.6. The van der Waals surface area contributed by atoms with Crippen LogP contribution < -0.4 is 4.74 Å². The first-order chi connectivity index (χ1) is 12.2. The Balaban J connectivity index is 1.95. The first-order valence-corrected chi connectivity index (χ1v) is 9.38. The Kier molecular flexibility index (Phi) is 5.17. The maximum atomic E-state index is 14.1. The highest BCUT2D eigenvalue weighted by atomic mass is 19.1. The molecule has 0 saturated heterocycles. The van der Waals surface area contributed by atoms with E-state index in [4.69, 9.17) is 9.72 Å². The molecule has 0 N–H and O–H groups in total. The summed E-state index contributed by atoms with van der Waals surface area (Å²) in [6, 6.07) is 10.8. The van der Waals surface area contributed by atoms with Gasteiger partial charge in [0.2, 0.25) is 0 Å². The number of nitrogens with zero attached hydrogens (tertiary/aromatic N) is 1. The number of aromatic nitrogens is 1. The van der Waals surface area contributed by atoms with E-state index in [-0.39, 0.29) is 11.2 Å². The van der Waals surface area contributed by atoms with E-state index < -0.39 is 0 Å². The van der Waals surface area contributed by atoms with Crippen molar-refractivity contribution in [3.05, 3.63) is 54.0 Å². The number of hydrogen-bond donors (Lipinski definition) is 0. The number of hydrogen-bond acceptors (Lipinski definition) is 2. The van der Waals surface area contributed by atoms with Gasteiger partial charge in [-0.1, -0.05) is 46.8 Å². The Morgan fingerprint density at radius 3 is 2.58 bits per heavy atom. The summed E-state index contributed by atoms with van der Waals surface area (Å²) in [6.45, 7) is 11.5. The smallest absolute Gasteiger partial charge is 0.127 e. The predicted molar refractivity (Wildman–Crippen MR) is 106 cm³/mol. The lowest BCUT2D eigenvalue weighted by Gasteiger charge is -2.23. The molecular formula is C23H28FNO. The molecular weight excluding hydrogens is 325 g/mol. The molecule has 1 aliphatic carbocycles. The van der Waals surface area contributed by atoms with E-state index in [1.807, 2.05) is 24.3 Å². The van der Waals surface area contributed by atoms with Crippen molar-refractivity contribution in [2.45, 2.75) is 41.0 Å². The van der Waals surface area contributed by atoms with Crippen molar-refractivity contribution in [2.75, 3.05) is 6.61 Å². The minimum absolute atomic E-state index is 0.110. The maximum absolute atomic E-state index is 14.1. The zero-order valence-electron chi connectivity index (χ0n) is 16.3. The first-order valence-electron chi connectivity index (χ1n) is 9.38. The van der Waals surface area contributed by atoms with Gasteiger partial charge in [-0.15, -0.1) is 0 Å². The molecule has 0 spiro atoms. The molecule has 2 aromatic rings. The van der Waals surface area contributed by atoms with E-state index in [0.717, 1.165) is 23.4 Å². The largest absolute Gasteiger partial charge is 0.493 e. The Bertz CT molecular complexity index is 823. The molecule has 1 atom stereocenters. The van der Waals surface area contributed by atoms with Gasteiger partial charge in [-0.05, 0) is 53.5 Å². The molecule has 1 aliphatic rings.